The molecule has 0 unspecified atom stereocenters. The van der Waals surface area contributed by atoms with Gasteiger partial charge in [-0.1, -0.05) is 60.2 Å². The fraction of sp³-hybridized carbons (Fsp3) is 0.296. The summed E-state index contributed by atoms with van der Waals surface area (Å²) in [7, 11) is -3.48. The summed E-state index contributed by atoms with van der Waals surface area (Å²) in [4.78, 5) is 12.5. The summed E-state index contributed by atoms with van der Waals surface area (Å²) >= 11 is 1.78. The van der Waals surface area contributed by atoms with Crippen LogP contribution in [0, 0.1) is 20.8 Å². The van der Waals surface area contributed by atoms with E-state index >= 15 is 0 Å². The molecule has 180 valence electrons. The van der Waals surface area contributed by atoms with Crippen LogP contribution in [0.4, 0.5) is 5.69 Å². The monoisotopic (exact) mass is 496 g/mol. The zero-order chi connectivity index (χ0) is 24.7. The summed E-state index contributed by atoms with van der Waals surface area (Å²) in [6, 6.07) is 21.3. The van der Waals surface area contributed by atoms with Gasteiger partial charge in [-0.2, -0.15) is 11.8 Å². The van der Waals surface area contributed by atoms with Crippen LogP contribution in [0.2, 0.25) is 0 Å². The van der Waals surface area contributed by atoms with E-state index in [4.69, 9.17) is 0 Å². The van der Waals surface area contributed by atoms with Gasteiger partial charge in [0.1, 0.15) is 0 Å². The minimum atomic E-state index is -3.48. The Kier molecular flexibility index (Phi) is 8.80. The van der Waals surface area contributed by atoms with Gasteiger partial charge in [-0.3, -0.25) is 9.10 Å². The Morgan fingerprint density at radius 2 is 1.47 bits per heavy atom. The lowest BCUT2D eigenvalue weighted by Gasteiger charge is -2.26. The van der Waals surface area contributed by atoms with Crippen LogP contribution in [0.3, 0.4) is 0 Å². The van der Waals surface area contributed by atoms with Gasteiger partial charge in [0.15, 0.2) is 0 Å². The molecule has 1 N–H and O–H groups in total. The number of carbonyl (C=O) groups is 1. The van der Waals surface area contributed by atoms with Crippen molar-refractivity contribution >= 4 is 33.4 Å². The van der Waals surface area contributed by atoms with E-state index in [1.807, 2.05) is 44.2 Å². The number of hydrogen-bond acceptors (Lipinski definition) is 4. The minimum absolute atomic E-state index is 0.128. The summed E-state index contributed by atoms with van der Waals surface area (Å²) in [5.41, 5.74) is 6.42. The van der Waals surface area contributed by atoms with E-state index in [2.05, 4.69) is 36.5 Å². The number of rotatable bonds is 10. The van der Waals surface area contributed by atoms with Crippen molar-refractivity contribution in [3.8, 4) is 0 Å². The van der Waals surface area contributed by atoms with Gasteiger partial charge in [0.05, 0.1) is 18.5 Å². The number of carbonyl (C=O) groups excluding carboxylic acids is 1. The number of sulfonamides is 1. The van der Waals surface area contributed by atoms with Crippen molar-refractivity contribution in [1.29, 1.82) is 0 Å². The maximum atomic E-state index is 12.6. The molecule has 0 saturated heterocycles. The topological polar surface area (TPSA) is 66.5 Å². The molecule has 0 saturated carbocycles. The average molecular weight is 497 g/mol. The lowest BCUT2D eigenvalue weighted by molar-refractivity contribution is 0.0956. The molecule has 5 nitrogen and oxygen atoms in total. The average Bonchev–Trinajstić information content (AvgIpc) is 2.79. The first-order valence-corrected chi connectivity index (χ1v) is 14.2. The van der Waals surface area contributed by atoms with Crippen LogP contribution in [-0.4, -0.2) is 32.9 Å². The maximum absolute atomic E-state index is 12.6. The fourth-order valence-corrected chi connectivity index (χ4v) is 5.52. The summed E-state index contributed by atoms with van der Waals surface area (Å²) < 4.78 is 26.5. The van der Waals surface area contributed by atoms with Crippen molar-refractivity contribution < 1.29 is 13.2 Å². The largest absolute Gasteiger partial charge is 0.351 e. The minimum Gasteiger partial charge on any atom is -0.351 e. The molecule has 3 rings (SSSR count). The van der Waals surface area contributed by atoms with Gasteiger partial charge < -0.3 is 5.32 Å². The maximum Gasteiger partial charge on any atom is 0.251 e. The number of nitrogens with one attached hydrogen (secondary N) is 1. The Morgan fingerprint density at radius 1 is 0.882 bits per heavy atom. The summed E-state index contributed by atoms with van der Waals surface area (Å²) in [5, 5.41) is 2.95. The van der Waals surface area contributed by atoms with Crippen LogP contribution in [0.1, 0.15) is 38.2 Å². The second kappa shape index (κ2) is 11.6. The molecule has 0 aliphatic heterocycles. The number of aryl methyl sites for hydroxylation is 3. The molecular weight excluding hydrogens is 464 g/mol. The quantitative estimate of drug-likeness (QED) is 0.390. The van der Waals surface area contributed by atoms with Crippen LogP contribution >= 0.6 is 11.8 Å². The highest BCUT2D eigenvalue weighted by molar-refractivity contribution is 7.98. The summed E-state index contributed by atoms with van der Waals surface area (Å²) in [6.07, 6.45) is 1.22. The molecule has 3 aromatic rings. The number of thioether (sulfide) groups is 1. The van der Waals surface area contributed by atoms with Crippen molar-refractivity contribution in [3.63, 3.8) is 0 Å². The molecule has 7 heteroatoms. The van der Waals surface area contributed by atoms with E-state index in [1.54, 1.807) is 23.9 Å². The van der Waals surface area contributed by atoms with Crippen LogP contribution < -0.4 is 9.62 Å². The van der Waals surface area contributed by atoms with E-state index in [9.17, 15) is 13.2 Å². The lowest BCUT2D eigenvalue weighted by atomic mass is 10.1. The van der Waals surface area contributed by atoms with Gasteiger partial charge in [0.25, 0.3) is 5.91 Å². The molecule has 3 aromatic carbocycles. The molecule has 34 heavy (non-hydrogen) atoms. The van der Waals surface area contributed by atoms with E-state index in [0.717, 1.165) is 28.2 Å². The smallest absolute Gasteiger partial charge is 0.251 e. The van der Waals surface area contributed by atoms with E-state index in [0.29, 0.717) is 17.8 Å². The Hall–Kier alpha value is -2.77. The van der Waals surface area contributed by atoms with Gasteiger partial charge >= 0.3 is 0 Å². The van der Waals surface area contributed by atoms with Crippen molar-refractivity contribution in [2.45, 2.75) is 33.1 Å². The molecule has 1 amide bonds. The second-order valence-electron chi connectivity index (χ2n) is 8.50. The SMILES string of the molecule is Cc1ccc(CSCCNC(=O)c2ccc(CN(c3c(C)cccc3C)S(C)(=O)=O)cc2)cc1. The van der Waals surface area contributed by atoms with Crippen molar-refractivity contribution in [1.82, 2.24) is 5.32 Å². The van der Waals surface area contributed by atoms with Gasteiger partial charge in [-0.25, -0.2) is 8.42 Å². The molecule has 0 radical (unpaired) electrons. The van der Waals surface area contributed by atoms with Gasteiger partial charge in [-0.05, 0) is 55.2 Å². The standard InChI is InChI=1S/C27H32N2O3S2/c1-20-8-10-24(11-9-20)19-33-17-16-28-27(30)25-14-12-23(13-15-25)18-29(34(4,31)32)26-21(2)6-5-7-22(26)3/h5-15H,16-19H2,1-4H3,(H,28,30). The third-order valence-corrected chi connectivity index (χ3v) is 7.70. The number of para-hydroxylation sites is 1. The number of anilines is 1. The van der Waals surface area contributed by atoms with Gasteiger partial charge in [0.2, 0.25) is 10.0 Å². The number of nitrogens with zero attached hydrogens (tertiary/aromatic N) is 1. The van der Waals surface area contributed by atoms with Crippen LogP contribution in [0.15, 0.2) is 66.7 Å². The number of hydrogen-bond donors (Lipinski definition) is 1. The molecule has 0 spiro atoms. The zero-order valence-corrected chi connectivity index (χ0v) is 21.8. The van der Waals surface area contributed by atoms with Gasteiger partial charge in [-0.15, -0.1) is 0 Å². The molecule has 0 aliphatic rings. The van der Waals surface area contributed by atoms with Crippen molar-refractivity contribution in [3.05, 3.63) is 100 Å². The van der Waals surface area contributed by atoms with Crippen molar-refractivity contribution in [2.75, 3.05) is 22.9 Å². The third kappa shape index (κ3) is 7.11. The lowest BCUT2D eigenvalue weighted by Crippen LogP contribution is -2.30. The summed E-state index contributed by atoms with van der Waals surface area (Å²) in [6.45, 7) is 6.69. The van der Waals surface area contributed by atoms with E-state index in [1.165, 1.54) is 21.7 Å². The molecule has 0 aliphatic carbocycles. The highest BCUT2D eigenvalue weighted by atomic mass is 32.2. The molecule has 0 heterocycles. The Balaban J connectivity index is 1.56. The third-order valence-electron chi connectivity index (χ3n) is 5.55. The van der Waals surface area contributed by atoms with Gasteiger partial charge in [0, 0.05) is 23.6 Å². The highest BCUT2D eigenvalue weighted by Crippen LogP contribution is 2.28. The number of benzene rings is 3. The van der Waals surface area contributed by atoms with Crippen LogP contribution in [-0.2, 0) is 22.3 Å². The Labute approximate surface area is 207 Å². The molecule has 0 atom stereocenters. The highest BCUT2D eigenvalue weighted by Gasteiger charge is 2.21. The Bertz CT molecular complexity index is 1200. The van der Waals surface area contributed by atoms with E-state index < -0.39 is 10.0 Å². The predicted octanol–water partition coefficient (Wildman–Crippen LogP) is 5.24. The first-order valence-electron chi connectivity index (χ1n) is 11.2. The molecule has 0 bridgehead atoms. The van der Waals surface area contributed by atoms with Crippen molar-refractivity contribution in [2.24, 2.45) is 0 Å². The Morgan fingerprint density at radius 3 is 2.06 bits per heavy atom. The second-order valence-corrected chi connectivity index (χ2v) is 11.5. The van der Waals surface area contributed by atoms with E-state index in [-0.39, 0.29) is 12.5 Å². The molecular formula is C27H32N2O3S2. The van der Waals surface area contributed by atoms with Crippen LogP contribution in [0.5, 0.6) is 0 Å². The van der Waals surface area contributed by atoms with Crippen LogP contribution in [0.25, 0.3) is 0 Å². The molecule has 0 fully saturated rings. The predicted molar refractivity (Wildman–Crippen MR) is 143 cm³/mol. The molecule has 0 aromatic heterocycles. The zero-order valence-electron chi connectivity index (χ0n) is 20.2. The fourth-order valence-electron chi connectivity index (χ4n) is 3.70. The number of amides is 1. The first-order chi connectivity index (χ1) is 16.1. The first kappa shape index (κ1) is 25.8. The summed E-state index contributed by atoms with van der Waals surface area (Å²) in [5.74, 6) is 1.62. The normalized spacial score (nSPS) is 11.3.